The maximum absolute atomic E-state index is 14.5. The fourth-order valence-corrected chi connectivity index (χ4v) is 8.36. The Labute approximate surface area is 259 Å². The molecular weight excluding hydrogens is 604 g/mol. The molecule has 4 aromatic rings. The van der Waals surface area contributed by atoms with Crippen molar-refractivity contribution in [2.45, 2.75) is 73.7 Å². The van der Waals surface area contributed by atoms with Crippen LogP contribution in [0.25, 0.3) is 10.2 Å². The molecule has 2 heterocycles. The Morgan fingerprint density at radius 3 is 2.52 bits per heavy atom. The topological polar surface area (TPSA) is 145 Å². The first-order valence-electron chi connectivity index (χ1n) is 14.5. The van der Waals surface area contributed by atoms with Gasteiger partial charge in [0.05, 0.1) is 44.0 Å². The van der Waals surface area contributed by atoms with Gasteiger partial charge in [0.25, 0.3) is 5.91 Å². The molecule has 13 heteroatoms. The first-order chi connectivity index (χ1) is 20.9. The smallest absolute Gasteiger partial charge is 0.255 e. The van der Waals surface area contributed by atoms with Crippen LogP contribution in [-0.4, -0.2) is 58.8 Å². The van der Waals surface area contributed by atoms with Crippen LogP contribution in [-0.2, 0) is 10.0 Å². The highest BCUT2D eigenvalue weighted by atomic mass is 32.2. The highest BCUT2D eigenvalue weighted by molar-refractivity contribution is 7.89. The van der Waals surface area contributed by atoms with E-state index in [1.807, 2.05) is 18.2 Å². The molecule has 1 amide bonds. The van der Waals surface area contributed by atoms with E-state index in [9.17, 15) is 22.7 Å². The second-order valence-electron chi connectivity index (χ2n) is 12.4. The van der Waals surface area contributed by atoms with Gasteiger partial charge in [0.2, 0.25) is 10.0 Å². The zero-order valence-corrected chi connectivity index (χ0v) is 26.1. The lowest BCUT2D eigenvalue weighted by Gasteiger charge is -2.30. The minimum absolute atomic E-state index is 0.222. The van der Waals surface area contributed by atoms with Crippen LogP contribution in [0.4, 0.5) is 21.6 Å². The summed E-state index contributed by atoms with van der Waals surface area (Å²) >= 11 is 1.53. The standard InChI is InChI=1S/C31H35FN6O4S2/c1-29(2,40)26(32)17-34-28(39)22-16-33-27(36-20-8-9-23-25(14-20)43-19-35-23)15-24(22)37-30-10-12-31(18-30,13-11-30)38-44(41,42)21-6-4-3-5-7-21/h3-9,14-16,19,26,38,40H,10-13,17-18H2,1-2H3,(H,34,39)(H2,33,36,37)/t26-,30?,31?/m1/s1. The summed E-state index contributed by atoms with van der Waals surface area (Å²) in [6, 6.07) is 15.9. The molecule has 1 atom stereocenters. The van der Waals surface area contributed by atoms with Gasteiger partial charge in [-0.25, -0.2) is 27.5 Å². The molecule has 0 aliphatic heterocycles. The number of hydrogen-bond acceptors (Lipinski definition) is 9. The van der Waals surface area contributed by atoms with Gasteiger partial charge in [-0.1, -0.05) is 18.2 Å². The largest absolute Gasteiger partial charge is 0.387 e. The monoisotopic (exact) mass is 638 g/mol. The third kappa shape index (κ3) is 6.27. The van der Waals surface area contributed by atoms with Crippen LogP contribution in [0.2, 0.25) is 0 Å². The number of nitrogens with zero attached hydrogens (tertiary/aromatic N) is 2. The molecule has 2 bridgehead atoms. The number of pyridine rings is 1. The van der Waals surface area contributed by atoms with Crippen molar-refractivity contribution in [1.29, 1.82) is 0 Å². The van der Waals surface area contributed by atoms with Crippen molar-refractivity contribution in [3.63, 3.8) is 0 Å². The second-order valence-corrected chi connectivity index (χ2v) is 15.0. The molecule has 0 spiro atoms. The molecule has 5 N–H and O–H groups in total. The van der Waals surface area contributed by atoms with Gasteiger partial charge in [-0.3, -0.25) is 4.79 Å². The fraction of sp³-hybridized carbons (Fsp3) is 0.387. The Hall–Kier alpha value is -3.65. The zero-order chi connectivity index (χ0) is 31.2. The Morgan fingerprint density at radius 2 is 1.80 bits per heavy atom. The fourth-order valence-electron chi connectivity index (χ4n) is 6.16. The molecule has 2 aromatic heterocycles. The summed E-state index contributed by atoms with van der Waals surface area (Å²) in [6.07, 6.45) is 3.01. The summed E-state index contributed by atoms with van der Waals surface area (Å²) in [5.41, 5.74) is 1.54. The van der Waals surface area contributed by atoms with Crippen LogP contribution < -0.4 is 20.7 Å². The van der Waals surface area contributed by atoms with E-state index in [4.69, 9.17) is 0 Å². The molecule has 2 aliphatic carbocycles. The summed E-state index contributed by atoms with van der Waals surface area (Å²) in [5, 5.41) is 19.4. The molecule has 2 fully saturated rings. The Balaban J connectivity index is 1.25. The van der Waals surface area contributed by atoms with Gasteiger partial charge in [-0.2, -0.15) is 0 Å². The number of amides is 1. The van der Waals surface area contributed by atoms with Gasteiger partial charge in [0.15, 0.2) is 0 Å². The molecule has 0 unspecified atom stereocenters. The number of halogens is 1. The van der Waals surface area contributed by atoms with Crippen LogP contribution in [0.15, 0.2) is 71.2 Å². The number of aromatic nitrogens is 2. The first-order valence-corrected chi connectivity index (χ1v) is 16.8. The molecule has 0 saturated heterocycles. The lowest BCUT2D eigenvalue weighted by molar-refractivity contribution is -0.00177. The van der Waals surface area contributed by atoms with Crippen LogP contribution in [0, 0.1) is 0 Å². The number of thiazole rings is 1. The van der Waals surface area contributed by atoms with Crippen molar-refractivity contribution in [1.82, 2.24) is 20.0 Å². The zero-order valence-electron chi connectivity index (χ0n) is 24.4. The Morgan fingerprint density at radius 1 is 1.07 bits per heavy atom. The Kier molecular flexibility index (Phi) is 7.85. The molecule has 232 valence electrons. The summed E-state index contributed by atoms with van der Waals surface area (Å²) in [4.78, 5) is 22.3. The summed E-state index contributed by atoms with van der Waals surface area (Å²) < 4.78 is 44.9. The van der Waals surface area contributed by atoms with Gasteiger partial charge < -0.3 is 21.1 Å². The van der Waals surface area contributed by atoms with E-state index in [1.165, 1.54) is 31.4 Å². The minimum atomic E-state index is -3.71. The van der Waals surface area contributed by atoms with E-state index in [0.717, 1.165) is 15.9 Å². The average Bonchev–Trinajstić information content (AvgIpc) is 3.69. The maximum Gasteiger partial charge on any atom is 0.255 e. The molecule has 2 aromatic carbocycles. The SMILES string of the molecule is CC(C)(O)[C@H](F)CNC(=O)c1cnc(Nc2ccc3ncsc3c2)cc1NC12CCC(NS(=O)(=O)c3ccccc3)(CC1)C2. The number of benzene rings is 2. The van der Waals surface area contributed by atoms with Crippen molar-refractivity contribution in [2.24, 2.45) is 0 Å². The van der Waals surface area contributed by atoms with Crippen LogP contribution >= 0.6 is 11.3 Å². The quantitative estimate of drug-likeness (QED) is 0.152. The molecule has 2 aliphatic rings. The number of carbonyl (C=O) groups excluding carboxylic acids is 1. The van der Waals surface area contributed by atoms with Crippen molar-refractivity contribution in [3.05, 3.63) is 71.9 Å². The molecular formula is C31H35FN6O4S2. The predicted molar refractivity (Wildman–Crippen MR) is 170 cm³/mol. The van der Waals surface area contributed by atoms with E-state index in [-0.39, 0.29) is 17.0 Å². The predicted octanol–water partition coefficient (Wildman–Crippen LogP) is 5.12. The van der Waals surface area contributed by atoms with Gasteiger partial charge in [0, 0.05) is 29.0 Å². The van der Waals surface area contributed by atoms with E-state index >= 15 is 0 Å². The third-order valence-electron chi connectivity index (χ3n) is 8.61. The number of sulfonamides is 1. The lowest BCUT2D eigenvalue weighted by atomic mass is 9.91. The number of rotatable bonds is 11. The second kappa shape index (κ2) is 11.4. The van der Waals surface area contributed by atoms with Gasteiger partial charge in [-0.05, 0) is 76.3 Å². The average molecular weight is 639 g/mol. The summed E-state index contributed by atoms with van der Waals surface area (Å²) in [5.74, 6) is -0.0378. The number of nitrogens with one attached hydrogen (secondary N) is 4. The van der Waals surface area contributed by atoms with Crippen molar-refractivity contribution in [2.75, 3.05) is 17.2 Å². The molecule has 2 saturated carbocycles. The highest BCUT2D eigenvalue weighted by Gasteiger charge is 2.56. The molecule has 0 radical (unpaired) electrons. The maximum atomic E-state index is 14.5. The molecule has 10 nitrogen and oxygen atoms in total. The van der Waals surface area contributed by atoms with Gasteiger partial charge in [-0.15, -0.1) is 11.3 Å². The number of carbonyl (C=O) groups is 1. The van der Waals surface area contributed by atoms with E-state index in [0.29, 0.717) is 43.6 Å². The number of anilines is 3. The van der Waals surface area contributed by atoms with Crippen molar-refractivity contribution in [3.8, 4) is 0 Å². The summed E-state index contributed by atoms with van der Waals surface area (Å²) in [7, 11) is -3.71. The van der Waals surface area contributed by atoms with E-state index < -0.39 is 38.8 Å². The first kappa shape index (κ1) is 30.4. The van der Waals surface area contributed by atoms with E-state index in [2.05, 4.69) is 30.6 Å². The number of alkyl halides is 1. The summed E-state index contributed by atoms with van der Waals surface area (Å²) in [6.45, 7) is 2.33. The lowest BCUT2D eigenvalue weighted by Crippen LogP contribution is -2.44. The Bertz CT molecular complexity index is 1780. The number of fused-ring (bicyclic) bond motifs is 3. The van der Waals surface area contributed by atoms with Gasteiger partial charge in [0.1, 0.15) is 12.0 Å². The molecule has 6 rings (SSSR count). The number of aliphatic hydroxyl groups is 1. The minimum Gasteiger partial charge on any atom is -0.387 e. The normalized spacial score (nSPS) is 22.2. The highest BCUT2D eigenvalue weighted by Crippen LogP contribution is 2.53. The van der Waals surface area contributed by atoms with Crippen LogP contribution in [0.1, 0.15) is 56.3 Å². The third-order valence-corrected chi connectivity index (χ3v) is 11.0. The van der Waals surface area contributed by atoms with E-state index in [1.54, 1.807) is 41.9 Å². The number of hydrogen-bond donors (Lipinski definition) is 5. The molecule has 44 heavy (non-hydrogen) atoms. The van der Waals surface area contributed by atoms with Gasteiger partial charge >= 0.3 is 0 Å². The van der Waals surface area contributed by atoms with Crippen LogP contribution in [0.5, 0.6) is 0 Å². The van der Waals surface area contributed by atoms with Crippen molar-refractivity contribution < 1.29 is 22.7 Å². The van der Waals surface area contributed by atoms with Crippen molar-refractivity contribution >= 4 is 54.7 Å². The van der Waals surface area contributed by atoms with Crippen LogP contribution in [0.3, 0.4) is 0 Å².